The van der Waals surface area contributed by atoms with Crippen molar-refractivity contribution in [3.05, 3.63) is 56.9 Å². The second kappa shape index (κ2) is 14.8. The van der Waals surface area contributed by atoms with Gasteiger partial charge in [-0.3, -0.25) is 9.59 Å². The molecule has 2 N–H and O–H groups in total. The number of unbranched alkanes of at least 4 members (excludes halogenated alkanes) is 6. The van der Waals surface area contributed by atoms with Crippen LogP contribution in [0.25, 0.3) is 12.2 Å². The van der Waals surface area contributed by atoms with Gasteiger partial charge in [0.1, 0.15) is 0 Å². The summed E-state index contributed by atoms with van der Waals surface area (Å²) in [6, 6.07) is 7.93. The fourth-order valence-electron chi connectivity index (χ4n) is 2.76. The van der Waals surface area contributed by atoms with Gasteiger partial charge in [0, 0.05) is 35.0 Å². The van der Waals surface area contributed by atoms with Crippen LogP contribution in [0.3, 0.4) is 0 Å². The van der Waals surface area contributed by atoms with Crippen LogP contribution < -0.4 is 10.6 Å². The summed E-state index contributed by atoms with van der Waals surface area (Å²) in [7, 11) is 0. The minimum absolute atomic E-state index is 0.0225. The van der Waals surface area contributed by atoms with E-state index in [4.69, 9.17) is 0 Å². The largest absolute Gasteiger partial charge is 0.353 e. The Labute approximate surface area is 181 Å². The summed E-state index contributed by atoms with van der Waals surface area (Å²) in [5.74, 6) is -0.0450. The summed E-state index contributed by atoms with van der Waals surface area (Å²) >= 11 is 3.24. The average molecular weight is 431 g/mol. The predicted molar refractivity (Wildman–Crippen MR) is 125 cm³/mol. The lowest BCUT2D eigenvalue weighted by atomic mass is 10.1. The van der Waals surface area contributed by atoms with Gasteiger partial charge in [0.2, 0.25) is 11.8 Å². The minimum Gasteiger partial charge on any atom is -0.353 e. The second-order valence-electron chi connectivity index (χ2n) is 6.75. The molecule has 0 aromatic carbocycles. The van der Waals surface area contributed by atoms with Gasteiger partial charge in [-0.15, -0.1) is 22.7 Å². The molecule has 2 rings (SSSR count). The van der Waals surface area contributed by atoms with Crippen molar-refractivity contribution in [3.8, 4) is 0 Å². The Balaban J connectivity index is 1.35. The van der Waals surface area contributed by atoms with Crippen LogP contribution >= 0.6 is 22.7 Å². The zero-order valence-corrected chi connectivity index (χ0v) is 18.4. The molecule has 0 unspecified atom stereocenters. The molecule has 0 spiro atoms. The number of carbonyl (C=O) groups is 2. The molecule has 2 aromatic rings. The highest BCUT2D eigenvalue weighted by molar-refractivity contribution is 7.11. The first kappa shape index (κ1) is 23.1. The third-order valence-electron chi connectivity index (χ3n) is 4.34. The van der Waals surface area contributed by atoms with Crippen molar-refractivity contribution in [1.29, 1.82) is 0 Å². The van der Waals surface area contributed by atoms with E-state index >= 15 is 0 Å². The maximum Gasteiger partial charge on any atom is 0.244 e. The average Bonchev–Trinajstić information content (AvgIpc) is 3.43. The summed E-state index contributed by atoms with van der Waals surface area (Å²) < 4.78 is 0. The van der Waals surface area contributed by atoms with Crippen molar-refractivity contribution in [2.45, 2.75) is 44.9 Å². The Morgan fingerprint density at radius 2 is 1.10 bits per heavy atom. The Kier molecular flexibility index (Phi) is 11.8. The Morgan fingerprint density at radius 1 is 0.690 bits per heavy atom. The molecule has 0 aliphatic rings. The molecule has 2 aromatic heterocycles. The molecule has 0 radical (unpaired) electrons. The molecule has 0 saturated heterocycles. The summed E-state index contributed by atoms with van der Waals surface area (Å²) in [4.78, 5) is 25.6. The molecule has 6 heteroatoms. The van der Waals surface area contributed by atoms with E-state index in [0.29, 0.717) is 0 Å². The second-order valence-corrected chi connectivity index (χ2v) is 8.71. The van der Waals surface area contributed by atoms with Gasteiger partial charge in [0.15, 0.2) is 0 Å². The quantitative estimate of drug-likeness (QED) is 0.307. The lowest BCUT2D eigenvalue weighted by molar-refractivity contribution is -0.117. The molecule has 0 saturated carbocycles. The summed E-state index contributed by atoms with van der Waals surface area (Å²) in [6.45, 7) is 1.47. The van der Waals surface area contributed by atoms with Gasteiger partial charge < -0.3 is 10.6 Å². The monoisotopic (exact) mass is 430 g/mol. The maximum absolute atomic E-state index is 11.7. The SMILES string of the molecule is O=C(C=Cc1cccs1)NCCCCCCCCCNC(=O)C=Cc1cccs1. The third-order valence-corrected chi connectivity index (χ3v) is 6.01. The van der Waals surface area contributed by atoms with Crippen LogP contribution in [0.5, 0.6) is 0 Å². The van der Waals surface area contributed by atoms with Crippen molar-refractivity contribution in [2.75, 3.05) is 13.1 Å². The van der Waals surface area contributed by atoms with Crippen LogP contribution in [0.2, 0.25) is 0 Å². The van der Waals surface area contributed by atoms with Gasteiger partial charge in [-0.1, -0.05) is 44.2 Å². The molecule has 29 heavy (non-hydrogen) atoms. The highest BCUT2D eigenvalue weighted by atomic mass is 32.1. The molecule has 4 nitrogen and oxygen atoms in total. The zero-order valence-electron chi connectivity index (χ0n) is 16.8. The minimum atomic E-state index is -0.0225. The Morgan fingerprint density at radius 3 is 1.48 bits per heavy atom. The van der Waals surface area contributed by atoms with E-state index in [1.807, 2.05) is 47.2 Å². The fourth-order valence-corrected chi connectivity index (χ4v) is 4.00. The smallest absolute Gasteiger partial charge is 0.244 e. The van der Waals surface area contributed by atoms with Crippen molar-refractivity contribution >= 4 is 46.6 Å². The molecule has 156 valence electrons. The first-order valence-electron chi connectivity index (χ1n) is 10.2. The van der Waals surface area contributed by atoms with Gasteiger partial charge in [-0.05, 0) is 47.9 Å². The van der Waals surface area contributed by atoms with Gasteiger partial charge in [-0.2, -0.15) is 0 Å². The van der Waals surface area contributed by atoms with E-state index in [1.54, 1.807) is 34.8 Å². The van der Waals surface area contributed by atoms with E-state index in [2.05, 4.69) is 10.6 Å². The molecular weight excluding hydrogens is 400 g/mol. The van der Waals surface area contributed by atoms with E-state index < -0.39 is 0 Å². The predicted octanol–water partition coefficient (Wildman–Crippen LogP) is 5.50. The lowest BCUT2D eigenvalue weighted by Gasteiger charge is -2.04. The molecule has 2 amide bonds. The van der Waals surface area contributed by atoms with Gasteiger partial charge in [-0.25, -0.2) is 0 Å². The fraction of sp³-hybridized carbons (Fsp3) is 0.391. The standard InChI is InChI=1S/C23H30N2O2S2/c26-22(14-12-20-10-8-18-28-20)24-16-6-4-2-1-3-5-7-17-25-23(27)15-13-21-11-9-19-29-21/h8-15,18-19H,1-7,16-17H2,(H,24,26)(H,25,27). The number of thiophene rings is 2. The molecule has 2 heterocycles. The zero-order chi connectivity index (χ0) is 20.6. The van der Waals surface area contributed by atoms with Gasteiger partial charge in [0.25, 0.3) is 0 Å². The highest BCUT2D eigenvalue weighted by Crippen LogP contribution is 2.11. The molecule has 0 atom stereocenters. The molecular formula is C23H30N2O2S2. The first-order chi connectivity index (χ1) is 14.2. The van der Waals surface area contributed by atoms with Crippen LogP contribution in [0, 0.1) is 0 Å². The summed E-state index contributed by atoms with van der Waals surface area (Å²) in [6.07, 6.45) is 14.8. The van der Waals surface area contributed by atoms with Crippen LogP contribution in [0.1, 0.15) is 54.7 Å². The molecule has 0 aliphatic heterocycles. The number of nitrogens with one attached hydrogen (secondary N) is 2. The van der Waals surface area contributed by atoms with E-state index in [9.17, 15) is 9.59 Å². The summed E-state index contributed by atoms with van der Waals surface area (Å²) in [5.41, 5.74) is 0. The number of hydrogen-bond acceptors (Lipinski definition) is 4. The van der Waals surface area contributed by atoms with Crippen molar-refractivity contribution < 1.29 is 9.59 Å². The molecule has 0 bridgehead atoms. The first-order valence-corrected chi connectivity index (χ1v) is 12.0. The molecule has 0 fully saturated rings. The Bertz CT molecular complexity index is 686. The van der Waals surface area contributed by atoms with Crippen molar-refractivity contribution in [2.24, 2.45) is 0 Å². The molecule has 0 aliphatic carbocycles. The van der Waals surface area contributed by atoms with Gasteiger partial charge >= 0.3 is 0 Å². The Hall–Kier alpha value is -2.18. The number of carbonyl (C=O) groups excluding carboxylic acids is 2. The van der Waals surface area contributed by atoms with Crippen molar-refractivity contribution in [1.82, 2.24) is 10.6 Å². The number of amides is 2. The highest BCUT2D eigenvalue weighted by Gasteiger charge is 1.98. The lowest BCUT2D eigenvalue weighted by Crippen LogP contribution is -2.22. The van der Waals surface area contributed by atoms with E-state index in [-0.39, 0.29) is 11.8 Å². The third kappa shape index (κ3) is 11.4. The van der Waals surface area contributed by atoms with E-state index in [0.717, 1.165) is 48.5 Å². The van der Waals surface area contributed by atoms with Gasteiger partial charge in [0.05, 0.1) is 0 Å². The van der Waals surface area contributed by atoms with Crippen LogP contribution in [-0.4, -0.2) is 24.9 Å². The topological polar surface area (TPSA) is 58.2 Å². The van der Waals surface area contributed by atoms with E-state index in [1.165, 1.54) is 19.3 Å². The summed E-state index contributed by atoms with van der Waals surface area (Å²) in [5, 5.41) is 9.85. The van der Waals surface area contributed by atoms with Crippen LogP contribution in [-0.2, 0) is 9.59 Å². The maximum atomic E-state index is 11.7. The number of rotatable bonds is 14. The van der Waals surface area contributed by atoms with Crippen LogP contribution in [0.15, 0.2) is 47.2 Å². The van der Waals surface area contributed by atoms with Crippen molar-refractivity contribution in [3.63, 3.8) is 0 Å². The van der Waals surface area contributed by atoms with Crippen LogP contribution in [0.4, 0.5) is 0 Å². The normalized spacial score (nSPS) is 11.3. The number of hydrogen-bond donors (Lipinski definition) is 2.